The highest BCUT2D eigenvalue weighted by molar-refractivity contribution is 9.10. The van der Waals surface area contributed by atoms with E-state index in [1.165, 1.54) is 5.56 Å². The standard InChI is InChI=1S/C17H17BrO2/c18-14-7-4-12(5-8-14)11-20-15-9-6-13-2-1-3-17(19)16(13)10-15/h4-10,17,19H,1-3,11H2/t17-/m1/s1. The summed E-state index contributed by atoms with van der Waals surface area (Å²) in [6.45, 7) is 0.544. The second-order valence-electron chi connectivity index (χ2n) is 5.18. The van der Waals surface area contributed by atoms with Gasteiger partial charge in [-0.3, -0.25) is 0 Å². The molecule has 3 rings (SSSR count). The van der Waals surface area contributed by atoms with Crippen LogP contribution in [-0.4, -0.2) is 5.11 Å². The predicted octanol–water partition coefficient (Wildman–Crippen LogP) is 4.40. The number of aliphatic hydroxyl groups excluding tert-OH is 1. The summed E-state index contributed by atoms with van der Waals surface area (Å²) in [4.78, 5) is 0. The Hall–Kier alpha value is -1.32. The fourth-order valence-electron chi connectivity index (χ4n) is 2.59. The number of ether oxygens (including phenoxy) is 1. The molecular weight excluding hydrogens is 316 g/mol. The maximum atomic E-state index is 10.0. The lowest BCUT2D eigenvalue weighted by molar-refractivity contribution is 0.156. The van der Waals surface area contributed by atoms with Gasteiger partial charge in [-0.1, -0.05) is 34.1 Å². The summed E-state index contributed by atoms with van der Waals surface area (Å²) in [7, 11) is 0. The van der Waals surface area contributed by atoms with Gasteiger partial charge in [0, 0.05) is 4.47 Å². The number of aryl methyl sites for hydroxylation is 1. The number of hydrogen-bond donors (Lipinski definition) is 1. The van der Waals surface area contributed by atoms with Crippen LogP contribution in [0.1, 0.15) is 35.6 Å². The third-order valence-electron chi connectivity index (χ3n) is 3.72. The Morgan fingerprint density at radius 1 is 1.15 bits per heavy atom. The molecule has 0 heterocycles. The van der Waals surface area contributed by atoms with E-state index in [9.17, 15) is 5.11 Å². The SMILES string of the molecule is O[C@@H]1CCCc2ccc(OCc3ccc(Br)cc3)cc21. The van der Waals surface area contributed by atoms with Crippen LogP contribution >= 0.6 is 15.9 Å². The fourth-order valence-corrected chi connectivity index (χ4v) is 2.85. The van der Waals surface area contributed by atoms with Crippen LogP contribution in [0.25, 0.3) is 0 Å². The average molecular weight is 333 g/mol. The molecule has 20 heavy (non-hydrogen) atoms. The van der Waals surface area contributed by atoms with Crippen LogP contribution in [0.4, 0.5) is 0 Å². The zero-order valence-electron chi connectivity index (χ0n) is 11.2. The van der Waals surface area contributed by atoms with Crippen molar-refractivity contribution >= 4 is 15.9 Å². The monoisotopic (exact) mass is 332 g/mol. The van der Waals surface area contributed by atoms with Gasteiger partial charge in [0.1, 0.15) is 12.4 Å². The number of fused-ring (bicyclic) bond motifs is 1. The molecule has 0 aromatic heterocycles. The normalized spacial score (nSPS) is 17.6. The molecule has 1 aliphatic carbocycles. The minimum atomic E-state index is -0.338. The number of halogens is 1. The van der Waals surface area contributed by atoms with Gasteiger partial charge in [-0.15, -0.1) is 0 Å². The summed E-state index contributed by atoms with van der Waals surface area (Å²) >= 11 is 3.42. The summed E-state index contributed by atoms with van der Waals surface area (Å²) < 4.78 is 6.89. The summed E-state index contributed by atoms with van der Waals surface area (Å²) in [6, 6.07) is 14.2. The van der Waals surface area contributed by atoms with Crippen molar-refractivity contribution in [1.29, 1.82) is 0 Å². The molecule has 2 aromatic rings. The first kappa shape index (κ1) is 13.7. The van der Waals surface area contributed by atoms with Gasteiger partial charge in [0.05, 0.1) is 6.10 Å². The molecular formula is C17H17BrO2. The van der Waals surface area contributed by atoms with Crippen LogP contribution in [0.5, 0.6) is 5.75 Å². The van der Waals surface area contributed by atoms with Gasteiger partial charge in [-0.25, -0.2) is 0 Å². The van der Waals surface area contributed by atoms with Gasteiger partial charge < -0.3 is 9.84 Å². The summed E-state index contributed by atoms with van der Waals surface area (Å²) in [5, 5.41) is 10.0. The Morgan fingerprint density at radius 2 is 1.95 bits per heavy atom. The highest BCUT2D eigenvalue weighted by Crippen LogP contribution is 2.32. The molecule has 1 N–H and O–H groups in total. The maximum absolute atomic E-state index is 10.0. The lowest BCUT2D eigenvalue weighted by Gasteiger charge is -2.22. The molecule has 2 aromatic carbocycles. The van der Waals surface area contributed by atoms with E-state index in [2.05, 4.69) is 22.0 Å². The van der Waals surface area contributed by atoms with Crippen molar-refractivity contribution in [3.05, 3.63) is 63.6 Å². The van der Waals surface area contributed by atoms with Crippen LogP contribution < -0.4 is 4.74 Å². The highest BCUT2D eigenvalue weighted by atomic mass is 79.9. The van der Waals surface area contributed by atoms with Crippen LogP contribution in [-0.2, 0) is 13.0 Å². The number of aliphatic hydroxyl groups is 1. The minimum absolute atomic E-state index is 0.338. The van der Waals surface area contributed by atoms with Gasteiger partial charge in [-0.2, -0.15) is 0 Å². The predicted molar refractivity (Wildman–Crippen MR) is 82.8 cm³/mol. The molecule has 0 fully saturated rings. The molecule has 0 spiro atoms. The first-order valence-electron chi connectivity index (χ1n) is 6.90. The number of benzene rings is 2. The fraction of sp³-hybridized carbons (Fsp3) is 0.294. The van der Waals surface area contributed by atoms with Crippen molar-refractivity contribution in [2.45, 2.75) is 32.0 Å². The lowest BCUT2D eigenvalue weighted by atomic mass is 9.89. The first-order chi connectivity index (χ1) is 9.72. The van der Waals surface area contributed by atoms with Gasteiger partial charge in [-0.05, 0) is 60.2 Å². The third kappa shape index (κ3) is 3.05. The molecule has 104 valence electrons. The molecule has 0 radical (unpaired) electrons. The molecule has 0 aliphatic heterocycles. The zero-order chi connectivity index (χ0) is 13.9. The van der Waals surface area contributed by atoms with Gasteiger partial charge >= 0.3 is 0 Å². The van der Waals surface area contributed by atoms with Gasteiger partial charge in [0.15, 0.2) is 0 Å². The molecule has 0 unspecified atom stereocenters. The largest absolute Gasteiger partial charge is 0.489 e. The van der Waals surface area contributed by atoms with Crippen molar-refractivity contribution in [3.63, 3.8) is 0 Å². The maximum Gasteiger partial charge on any atom is 0.120 e. The molecule has 0 bridgehead atoms. The topological polar surface area (TPSA) is 29.5 Å². The van der Waals surface area contributed by atoms with Crippen molar-refractivity contribution in [2.75, 3.05) is 0 Å². The highest BCUT2D eigenvalue weighted by Gasteiger charge is 2.18. The van der Waals surface area contributed by atoms with Crippen molar-refractivity contribution in [3.8, 4) is 5.75 Å². The summed E-state index contributed by atoms with van der Waals surface area (Å²) in [6.07, 6.45) is 2.63. The number of hydrogen-bond acceptors (Lipinski definition) is 2. The van der Waals surface area contributed by atoms with E-state index >= 15 is 0 Å². The second-order valence-corrected chi connectivity index (χ2v) is 6.10. The molecule has 1 atom stereocenters. The quantitative estimate of drug-likeness (QED) is 0.902. The van der Waals surface area contributed by atoms with Crippen molar-refractivity contribution < 1.29 is 9.84 Å². The Kier molecular flexibility index (Phi) is 4.08. The van der Waals surface area contributed by atoms with E-state index in [4.69, 9.17) is 4.74 Å². The molecule has 2 nitrogen and oxygen atoms in total. The van der Waals surface area contributed by atoms with E-state index in [0.717, 1.165) is 40.6 Å². The Labute approximate surface area is 127 Å². The summed E-state index contributed by atoms with van der Waals surface area (Å²) in [5.74, 6) is 0.826. The van der Waals surface area contributed by atoms with E-state index in [1.807, 2.05) is 36.4 Å². The summed E-state index contributed by atoms with van der Waals surface area (Å²) in [5.41, 5.74) is 3.41. The zero-order valence-corrected chi connectivity index (χ0v) is 12.8. The molecule has 0 saturated heterocycles. The van der Waals surface area contributed by atoms with Gasteiger partial charge in [0.2, 0.25) is 0 Å². The Bertz CT molecular complexity index is 592. The molecule has 3 heteroatoms. The van der Waals surface area contributed by atoms with E-state index in [-0.39, 0.29) is 6.10 Å². The Morgan fingerprint density at radius 3 is 2.75 bits per heavy atom. The van der Waals surface area contributed by atoms with Crippen LogP contribution in [0.15, 0.2) is 46.9 Å². The molecule has 0 amide bonds. The minimum Gasteiger partial charge on any atom is -0.489 e. The second kappa shape index (κ2) is 5.98. The first-order valence-corrected chi connectivity index (χ1v) is 7.70. The molecule has 1 aliphatic rings. The van der Waals surface area contributed by atoms with E-state index in [1.54, 1.807) is 0 Å². The van der Waals surface area contributed by atoms with E-state index < -0.39 is 0 Å². The van der Waals surface area contributed by atoms with Gasteiger partial charge in [0.25, 0.3) is 0 Å². The molecule has 0 saturated carbocycles. The van der Waals surface area contributed by atoms with E-state index in [0.29, 0.717) is 6.61 Å². The lowest BCUT2D eigenvalue weighted by Crippen LogP contribution is -2.09. The van der Waals surface area contributed by atoms with Crippen LogP contribution in [0.2, 0.25) is 0 Å². The van der Waals surface area contributed by atoms with Crippen LogP contribution in [0, 0.1) is 0 Å². The third-order valence-corrected chi connectivity index (χ3v) is 4.25. The average Bonchev–Trinajstić information content (AvgIpc) is 2.47. The Balaban J connectivity index is 1.72. The van der Waals surface area contributed by atoms with Crippen LogP contribution in [0.3, 0.4) is 0 Å². The number of rotatable bonds is 3. The van der Waals surface area contributed by atoms with Crippen molar-refractivity contribution in [2.24, 2.45) is 0 Å². The smallest absolute Gasteiger partial charge is 0.120 e. The van der Waals surface area contributed by atoms with Crippen molar-refractivity contribution in [1.82, 2.24) is 0 Å².